The molecule has 86 valence electrons. The van der Waals surface area contributed by atoms with Gasteiger partial charge in [0.05, 0.1) is 6.54 Å². The Morgan fingerprint density at radius 3 is 2.56 bits per heavy atom. The number of amides is 2. The summed E-state index contributed by atoms with van der Waals surface area (Å²) >= 11 is 5.91. The van der Waals surface area contributed by atoms with E-state index >= 15 is 0 Å². The van der Waals surface area contributed by atoms with Crippen LogP contribution in [0.1, 0.15) is 12.5 Å². The highest BCUT2D eigenvalue weighted by atomic mass is 35.5. The first-order chi connectivity index (χ1) is 7.59. The number of nitrogens with one attached hydrogen (secondary N) is 2. The Morgan fingerprint density at radius 2 is 1.94 bits per heavy atom. The van der Waals surface area contributed by atoms with Crippen LogP contribution in [-0.2, 0) is 16.1 Å². The van der Waals surface area contributed by atoms with E-state index in [0.29, 0.717) is 11.6 Å². The molecule has 0 atom stereocenters. The molecule has 0 aromatic heterocycles. The van der Waals surface area contributed by atoms with Gasteiger partial charge in [-0.25, -0.2) is 0 Å². The number of halogens is 1. The van der Waals surface area contributed by atoms with Crippen molar-refractivity contribution in [2.24, 2.45) is 0 Å². The number of benzene rings is 1. The molecule has 0 heterocycles. The second kappa shape index (κ2) is 6.12. The fourth-order valence-electron chi connectivity index (χ4n) is 1.10. The lowest BCUT2D eigenvalue weighted by Crippen LogP contribution is -2.35. The molecule has 1 aromatic rings. The zero-order valence-corrected chi connectivity index (χ0v) is 9.67. The molecule has 2 N–H and O–H groups in total. The molecular weight excluding hydrogens is 228 g/mol. The van der Waals surface area contributed by atoms with Crippen LogP contribution in [0.5, 0.6) is 0 Å². The summed E-state index contributed by atoms with van der Waals surface area (Å²) in [5.41, 5.74) is 0.848. The van der Waals surface area contributed by atoms with Crippen molar-refractivity contribution in [3.8, 4) is 0 Å². The van der Waals surface area contributed by atoms with E-state index in [1.165, 1.54) is 6.92 Å². The molecular formula is C11H13ClN2O2. The van der Waals surface area contributed by atoms with Crippen molar-refractivity contribution >= 4 is 23.4 Å². The molecule has 0 aliphatic carbocycles. The molecule has 5 heteroatoms. The van der Waals surface area contributed by atoms with E-state index in [1.54, 1.807) is 6.07 Å². The van der Waals surface area contributed by atoms with Crippen molar-refractivity contribution in [1.29, 1.82) is 0 Å². The molecule has 0 radical (unpaired) electrons. The van der Waals surface area contributed by atoms with E-state index in [-0.39, 0.29) is 18.4 Å². The molecule has 0 fully saturated rings. The molecule has 0 aliphatic heterocycles. The van der Waals surface area contributed by atoms with Crippen molar-refractivity contribution in [3.63, 3.8) is 0 Å². The van der Waals surface area contributed by atoms with Gasteiger partial charge in [0, 0.05) is 18.5 Å². The van der Waals surface area contributed by atoms with Crippen molar-refractivity contribution < 1.29 is 9.59 Å². The topological polar surface area (TPSA) is 58.2 Å². The number of carbonyl (C=O) groups excluding carboxylic acids is 2. The maximum atomic E-state index is 11.3. The maximum absolute atomic E-state index is 11.3. The first-order valence-corrected chi connectivity index (χ1v) is 5.22. The van der Waals surface area contributed by atoms with Gasteiger partial charge in [0.15, 0.2) is 0 Å². The summed E-state index contributed by atoms with van der Waals surface area (Å²) in [4.78, 5) is 21.8. The quantitative estimate of drug-likeness (QED) is 0.828. The largest absolute Gasteiger partial charge is 0.350 e. The van der Waals surface area contributed by atoms with Gasteiger partial charge in [0.25, 0.3) is 0 Å². The molecule has 0 saturated heterocycles. The second-order valence-corrected chi connectivity index (χ2v) is 3.69. The minimum atomic E-state index is -0.241. The van der Waals surface area contributed by atoms with Crippen LogP contribution in [0.4, 0.5) is 0 Å². The SMILES string of the molecule is CC(=O)NCC(=O)NCc1ccccc1Cl. The maximum Gasteiger partial charge on any atom is 0.239 e. The van der Waals surface area contributed by atoms with Gasteiger partial charge in [-0.3, -0.25) is 9.59 Å². The van der Waals surface area contributed by atoms with Crippen LogP contribution < -0.4 is 10.6 Å². The third-order valence-corrected chi connectivity index (χ3v) is 2.30. The highest BCUT2D eigenvalue weighted by Crippen LogP contribution is 2.13. The van der Waals surface area contributed by atoms with Crippen LogP contribution >= 0.6 is 11.6 Å². The molecule has 2 amide bonds. The van der Waals surface area contributed by atoms with Gasteiger partial charge in [-0.1, -0.05) is 29.8 Å². The summed E-state index contributed by atoms with van der Waals surface area (Å²) in [5, 5.41) is 5.68. The molecule has 16 heavy (non-hydrogen) atoms. The molecule has 4 nitrogen and oxygen atoms in total. The van der Waals surface area contributed by atoms with E-state index < -0.39 is 0 Å². The number of carbonyl (C=O) groups is 2. The Kier molecular flexibility index (Phi) is 4.79. The first kappa shape index (κ1) is 12.5. The van der Waals surface area contributed by atoms with E-state index in [4.69, 9.17) is 11.6 Å². The average molecular weight is 241 g/mol. The van der Waals surface area contributed by atoms with Crippen LogP contribution in [0.2, 0.25) is 5.02 Å². The van der Waals surface area contributed by atoms with Gasteiger partial charge in [0.1, 0.15) is 0 Å². The van der Waals surface area contributed by atoms with Gasteiger partial charge in [0.2, 0.25) is 11.8 Å². The van der Waals surface area contributed by atoms with E-state index in [2.05, 4.69) is 10.6 Å². The van der Waals surface area contributed by atoms with E-state index in [9.17, 15) is 9.59 Å². The number of hydrogen-bond donors (Lipinski definition) is 2. The molecule has 1 aromatic carbocycles. The van der Waals surface area contributed by atoms with Crippen molar-refractivity contribution in [1.82, 2.24) is 10.6 Å². The Balaban J connectivity index is 2.37. The molecule has 0 unspecified atom stereocenters. The van der Waals surface area contributed by atoms with Crippen molar-refractivity contribution in [3.05, 3.63) is 34.9 Å². The predicted molar refractivity (Wildman–Crippen MR) is 62.0 cm³/mol. The van der Waals surface area contributed by atoms with E-state index in [0.717, 1.165) is 5.56 Å². The van der Waals surface area contributed by atoms with Crippen LogP contribution in [0.3, 0.4) is 0 Å². The fraction of sp³-hybridized carbons (Fsp3) is 0.273. The Bertz CT molecular complexity index is 393. The molecule has 0 bridgehead atoms. The standard InChI is InChI=1S/C11H13ClN2O2/c1-8(15)13-7-11(16)14-6-9-4-2-3-5-10(9)12/h2-5H,6-7H2,1H3,(H,13,15)(H,14,16). The van der Waals surface area contributed by atoms with Crippen LogP contribution in [0.25, 0.3) is 0 Å². The molecule has 1 rings (SSSR count). The lowest BCUT2D eigenvalue weighted by molar-refractivity contribution is -0.125. The summed E-state index contributed by atoms with van der Waals surface area (Å²) in [7, 11) is 0. The van der Waals surface area contributed by atoms with Crippen molar-refractivity contribution in [2.45, 2.75) is 13.5 Å². The van der Waals surface area contributed by atoms with Crippen LogP contribution in [0, 0.1) is 0 Å². The lowest BCUT2D eigenvalue weighted by atomic mass is 10.2. The van der Waals surface area contributed by atoms with Crippen molar-refractivity contribution in [2.75, 3.05) is 6.54 Å². The summed E-state index contributed by atoms with van der Waals surface area (Å²) in [6, 6.07) is 7.27. The number of hydrogen-bond acceptors (Lipinski definition) is 2. The smallest absolute Gasteiger partial charge is 0.239 e. The van der Waals surface area contributed by atoms with E-state index in [1.807, 2.05) is 18.2 Å². The minimum Gasteiger partial charge on any atom is -0.350 e. The summed E-state index contributed by atoms with van der Waals surface area (Å²) in [6.07, 6.45) is 0. The Hall–Kier alpha value is -1.55. The summed E-state index contributed by atoms with van der Waals surface area (Å²) in [5.74, 6) is -0.469. The zero-order valence-electron chi connectivity index (χ0n) is 8.92. The van der Waals surface area contributed by atoms with Gasteiger partial charge in [-0.15, -0.1) is 0 Å². The monoisotopic (exact) mass is 240 g/mol. The second-order valence-electron chi connectivity index (χ2n) is 3.28. The third kappa shape index (κ3) is 4.31. The normalized spacial score (nSPS) is 9.62. The average Bonchev–Trinajstić information content (AvgIpc) is 2.25. The highest BCUT2D eigenvalue weighted by molar-refractivity contribution is 6.31. The predicted octanol–water partition coefficient (Wildman–Crippen LogP) is 1.09. The highest BCUT2D eigenvalue weighted by Gasteiger charge is 2.03. The third-order valence-electron chi connectivity index (χ3n) is 1.93. The lowest BCUT2D eigenvalue weighted by Gasteiger charge is -2.06. The van der Waals surface area contributed by atoms with Crippen LogP contribution in [0.15, 0.2) is 24.3 Å². The molecule has 0 saturated carbocycles. The Labute approximate surface area is 99.0 Å². The Morgan fingerprint density at radius 1 is 1.25 bits per heavy atom. The van der Waals surface area contributed by atoms with Gasteiger partial charge in [-0.05, 0) is 11.6 Å². The van der Waals surface area contributed by atoms with Gasteiger partial charge < -0.3 is 10.6 Å². The van der Waals surface area contributed by atoms with Crippen LogP contribution in [-0.4, -0.2) is 18.4 Å². The first-order valence-electron chi connectivity index (χ1n) is 4.84. The zero-order chi connectivity index (χ0) is 12.0. The fourth-order valence-corrected chi connectivity index (χ4v) is 1.31. The molecule has 0 aliphatic rings. The summed E-state index contributed by atoms with van der Waals surface area (Å²) < 4.78 is 0. The minimum absolute atomic E-state index is 0.0141. The number of rotatable bonds is 4. The molecule has 0 spiro atoms. The summed E-state index contributed by atoms with van der Waals surface area (Å²) in [6.45, 7) is 1.71. The van der Waals surface area contributed by atoms with Gasteiger partial charge in [-0.2, -0.15) is 0 Å². The van der Waals surface area contributed by atoms with Gasteiger partial charge >= 0.3 is 0 Å².